The van der Waals surface area contributed by atoms with E-state index in [1.807, 2.05) is 0 Å². The summed E-state index contributed by atoms with van der Waals surface area (Å²) in [5.41, 5.74) is 0. The van der Waals surface area contributed by atoms with Gasteiger partial charge < -0.3 is 14.6 Å². The highest BCUT2D eigenvalue weighted by atomic mass is 32.1. The lowest BCUT2D eigenvalue weighted by Gasteiger charge is -2.14. The lowest BCUT2D eigenvalue weighted by Crippen LogP contribution is -2.37. The van der Waals surface area contributed by atoms with Crippen LogP contribution < -0.4 is 10.1 Å². The van der Waals surface area contributed by atoms with Crippen molar-refractivity contribution in [3.05, 3.63) is 21.1 Å². The first-order valence-electron chi connectivity index (χ1n) is 6.90. The van der Waals surface area contributed by atoms with Crippen LogP contribution in [0.3, 0.4) is 0 Å². The molecule has 0 fully saturated rings. The fourth-order valence-corrected chi connectivity index (χ4v) is 2.31. The van der Waals surface area contributed by atoms with Gasteiger partial charge in [-0.15, -0.1) is 0 Å². The van der Waals surface area contributed by atoms with Crippen LogP contribution in [0.15, 0.2) is 11.2 Å². The summed E-state index contributed by atoms with van der Waals surface area (Å²) in [7, 11) is 1.22. The number of carbonyl (C=O) groups excluding carboxylic acids is 3. The number of nitro groups is 1. The molecule has 4 amide bonds. The SMILES string of the molecule is CCNC(=O)/N=c1/sc([N+](=O)[O-])cn1CC(=O)N(C)C(=O)OCC. The highest BCUT2D eigenvalue weighted by molar-refractivity contribution is 7.12. The quantitative estimate of drug-likeness (QED) is 0.607. The minimum Gasteiger partial charge on any atom is -0.449 e. The summed E-state index contributed by atoms with van der Waals surface area (Å²) in [5.74, 6) is -0.668. The molecule has 0 aliphatic rings. The van der Waals surface area contributed by atoms with Gasteiger partial charge in [-0.3, -0.25) is 14.9 Å². The Labute approximate surface area is 140 Å². The molecular formula is C12H17N5O6S. The lowest BCUT2D eigenvalue weighted by atomic mass is 10.5. The van der Waals surface area contributed by atoms with Crippen LogP contribution in [-0.2, 0) is 16.1 Å². The van der Waals surface area contributed by atoms with Crippen molar-refractivity contribution >= 4 is 34.4 Å². The van der Waals surface area contributed by atoms with E-state index in [-0.39, 0.29) is 16.4 Å². The molecule has 0 spiro atoms. The Balaban J connectivity index is 3.09. The van der Waals surface area contributed by atoms with Crippen LogP contribution in [0.2, 0.25) is 0 Å². The summed E-state index contributed by atoms with van der Waals surface area (Å²) >= 11 is 0.644. The number of hydrogen-bond acceptors (Lipinski definition) is 7. The smallest absolute Gasteiger partial charge is 0.416 e. The van der Waals surface area contributed by atoms with E-state index < -0.39 is 29.5 Å². The molecule has 0 unspecified atom stereocenters. The zero-order chi connectivity index (χ0) is 18.3. The third-order valence-electron chi connectivity index (χ3n) is 2.63. The predicted molar refractivity (Wildman–Crippen MR) is 83.4 cm³/mol. The van der Waals surface area contributed by atoms with Crippen molar-refractivity contribution in [3.8, 4) is 0 Å². The Hall–Kier alpha value is -2.76. The number of likely N-dealkylation sites (N-methyl/N-ethyl adjacent to an activating group) is 1. The molecule has 1 N–H and O–H groups in total. The topological polar surface area (TPSA) is 136 Å². The van der Waals surface area contributed by atoms with Gasteiger partial charge in [-0.2, -0.15) is 4.99 Å². The third-order valence-corrected chi connectivity index (χ3v) is 3.61. The van der Waals surface area contributed by atoms with Crippen LogP contribution >= 0.6 is 11.3 Å². The summed E-state index contributed by atoms with van der Waals surface area (Å²) in [6.45, 7) is 3.32. The average molecular weight is 359 g/mol. The van der Waals surface area contributed by atoms with Crippen molar-refractivity contribution in [2.45, 2.75) is 20.4 Å². The van der Waals surface area contributed by atoms with Crippen LogP contribution in [0, 0.1) is 10.1 Å². The molecule has 0 radical (unpaired) electrons. The summed E-state index contributed by atoms with van der Waals surface area (Å²) < 4.78 is 5.83. The van der Waals surface area contributed by atoms with E-state index in [0.29, 0.717) is 17.9 Å². The number of ether oxygens (including phenoxy) is 1. The second kappa shape index (κ2) is 8.76. The monoisotopic (exact) mass is 359 g/mol. The molecular weight excluding hydrogens is 342 g/mol. The Kier molecular flexibility index (Phi) is 7.04. The molecule has 24 heavy (non-hydrogen) atoms. The number of nitrogens with one attached hydrogen (secondary N) is 1. The van der Waals surface area contributed by atoms with Crippen molar-refractivity contribution < 1.29 is 24.0 Å². The molecule has 11 nitrogen and oxygen atoms in total. The second-order valence-electron chi connectivity index (χ2n) is 4.34. The zero-order valence-corrected chi connectivity index (χ0v) is 14.2. The second-order valence-corrected chi connectivity index (χ2v) is 5.32. The van der Waals surface area contributed by atoms with Gasteiger partial charge in [-0.1, -0.05) is 0 Å². The van der Waals surface area contributed by atoms with Crippen LogP contribution in [0.1, 0.15) is 13.8 Å². The maximum atomic E-state index is 12.1. The van der Waals surface area contributed by atoms with Gasteiger partial charge in [0.25, 0.3) is 5.91 Å². The molecule has 0 aliphatic carbocycles. The number of urea groups is 1. The largest absolute Gasteiger partial charge is 0.449 e. The maximum absolute atomic E-state index is 12.1. The normalized spacial score (nSPS) is 11.0. The Morgan fingerprint density at radius 3 is 2.67 bits per heavy atom. The van der Waals surface area contributed by atoms with Gasteiger partial charge in [0, 0.05) is 13.6 Å². The minimum atomic E-state index is -0.838. The molecule has 12 heteroatoms. The Morgan fingerprint density at radius 1 is 1.46 bits per heavy atom. The fourth-order valence-electron chi connectivity index (χ4n) is 1.50. The van der Waals surface area contributed by atoms with Crippen molar-refractivity contribution in [3.63, 3.8) is 0 Å². The van der Waals surface area contributed by atoms with Gasteiger partial charge in [-0.05, 0) is 25.2 Å². The zero-order valence-electron chi connectivity index (χ0n) is 13.3. The summed E-state index contributed by atoms with van der Waals surface area (Å²) in [6.07, 6.45) is 0.245. The van der Waals surface area contributed by atoms with Crippen LogP contribution in [-0.4, -0.2) is 52.6 Å². The molecule has 1 aromatic rings. The van der Waals surface area contributed by atoms with Crippen LogP contribution in [0.25, 0.3) is 0 Å². The maximum Gasteiger partial charge on any atom is 0.416 e. The molecule has 1 rings (SSSR count). The van der Waals surface area contributed by atoms with Crippen molar-refractivity contribution in [2.24, 2.45) is 4.99 Å². The average Bonchev–Trinajstić information content (AvgIpc) is 2.89. The number of imide groups is 1. The van der Waals surface area contributed by atoms with Crippen molar-refractivity contribution in [1.29, 1.82) is 0 Å². The van der Waals surface area contributed by atoms with Crippen molar-refractivity contribution in [2.75, 3.05) is 20.2 Å². The molecule has 0 atom stereocenters. The van der Waals surface area contributed by atoms with Crippen LogP contribution in [0.4, 0.5) is 14.6 Å². The first-order valence-corrected chi connectivity index (χ1v) is 7.72. The Bertz CT molecular complexity index is 709. The first-order chi connectivity index (χ1) is 11.3. The molecule has 1 heterocycles. The lowest BCUT2D eigenvalue weighted by molar-refractivity contribution is -0.380. The molecule has 0 saturated carbocycles. The molecule has 0 bridgehead atoms. The van der Waals surface area contributed by atoms with Crippen molar-refractivity contribution in [1.82, 2.24) is 14.8 Å². The van der Waals surface area contributed by atoms with Gasteiger partial charge >= 0.3 is 17.1 Å². The highest BCUT2D eigenvalue weighted by Crippen LogP contribution is 2.14. The number of thiazole rings is 1. The van der Waals surface area contributed by atoms with Gasteiger partial charge in [0.1, 0.15) is 6.54 Å². The Morgan fingerprint density at radius 2 is 2.12 bits per heavy atom. The fraction of sp³-hybridized carbons (Fsp3) is 0.500. The van der Waals surface area contributed by atoms with E-state index in [1.165, 1.54) is 7.05 Å². The molecule has 0 aromatic carbocycles. The van der Waals surface area contributed by atoms with E-state index in [0.717, 1.165) is 15.7 Å². The van der Waals surface area contributed by atoms with E-state index in [4.69, 9.17) is 4.74 Å². The predicted octanol–water partition coefficient (Wildman–Crippen LogP) is 0.703. The first kappa shape index (κ1) is 19.3. The minimum absolute atomic E-state index is 0.0294. The van der Waals surface area contributed by atoms with E-state index >= 15 is 0 Å². The molecule has 132 valence electrons. The van der Waals surface area contributed by atoms with Crippen LogP contribution in [0.5, 0.6) is 0 Å². The number of nitrogens with zero attached hydrogens (tertiary/aromatic N) is 4. The van der Waals surface area contributed by atoms with E-state index in [2.05, 4.69) is 10.3 Å². The van der Waals surface area contributed by atoms with Gasteiger partial charge in [0.2, 0.25) is 4.80 Å². The third kappa shape index (κ3) is 5.15. The number of aromatic nitrogens is 1. The molecule has 0 aliphatic heterocycles. The van der Waals surface area contributed by atoms with E-state index in [1.54, 1.807) is 13.8 Å². The van der Waals surface area contributed by atoms with Gasteiger partial charge in [0.05, 0.1) is 17.7 Å². The standard InChI is InChI=1S/C12H17N5O6S/c1-4-13-10(19)14-11-16(7-9(24-11)17(21)22)6-8(18)15(3)12(20)23-5-2/h7H,4-6H2,1-3H3,(H,13,19)/b14-11+. The summed E-state index contributed by atoms with van der Waals surface area (Å²) in [4.78, 5) is 49.7. The van der Waals surface area contributed by atoms with Gasteiger partial charge in [-0.25, -0.2) is 14.5 Å². The number of amides is 4. The van der Waals surface area contributed by atoms with E-state index in [9.17, 15) is 24.5 Å². The highest BCUT2D eigenvalue weighted by Gasteiger charge is 2.21. The number of rotatable bonds is 5. The number of carbonyl (C=O) groups is 3. The summed E-state index contributed by atoms with van der Waals surface area (Å²) in [5, 5.41) is 13.0. The molecule has 1 aromatic heterocycles. The van der Waals surface area contributed by atoms with Gasteiger partial charge in [0.15, 0.2) is 0 Å². The number of hydrogen-bond donors (Lipinski definition) is 1. The molecule has 0 saturated heterocycles. The summed E-state index contributed by atoms with van der Waals surface area (Å²) in [6, 6.07) is -0.686.